The van der Waals surface area contributed by atoms with Gasteiger partial charge in [-0.05, 0) is 5.56 Å². The van der Waals surface area contributed by atoms with Crippen LogP contribution < -0.4 is 0 Å². The van der Waals surface area contributed by atoms with Gasteiger partial charge in [0, 0.05) is 18.3 Å². The van der Waals surface area contributed by atoms with Crippen molar-refractivity contribution >= 4 is 6.47 Å². The highest BCUT2D eigenvalue weighted by Crippen LogP contribution is 2.11. The Morgan fingerprint density at radius 3 is 2.83 bits per heavy atom. The van der Waals surface area contributed by atoms with E-state index < -0.39 is 0 Å². The number of ether oxygens (including phenoxy) is 1. The minimum absolute atomic E-state index is 0.149. The third-order valence-electron chi connectivity index (χ3n) is 1.56. The van der Waals surface area contributed by atoms with E-state index in [-0.39, 0.29) is 5.92 Å². The van der Waals surface area contributed by atoms with Gasteiger partial charge < -0.3 is 4.74 Å². The lowest BCUT2D eigenvalue weighted by Gasteiger charge is -2.07. The van der Waals surface area contributed by atoms with Crippen LogP contribution in [-0.2, 0) is 9.53 Å². The summed E-state index contributed by atoms with van der Waals surface area (Å²) < 4.78 is 4.61. The van der Waals surface area contributed by atoms with E-state index in [1.807, 2.05) is 6.92 Å². The molecular formula is C8H10N2O2. The first-order valence-corrected chi connectivity index (χ1v) is 3.64. The standard InChI is InChI=1S/C8H10N2O2/c1-7(4-12-6-11)8-2-9-5-10-3-8/h2-3,5-7H,4H2,1H3. The second-order valence-corrected chi connectivity index (χ2v) is 2.50. The fourth-order valence-corrected chi connectivity index (χ4v) is 0.845. The van der Waals surface area contributed by atoms with Crippen LogP contribution in [0.2, 0.25) is 0 Å². The predicted molar refractivity (Wildman–Crippen MR) is 42.5 cm³/mol. The number of hydrogen-bond acceptors (Lipinski definition) is 4. The molecule has 1 heterocycles. The van der Waals surface area contributed by atoms with Gasteiger partial charge in [0.1, 0.15) is 6.33 Å². The molecule has 0 saturated heterocycles. The molecule has 0 aliphatic carbocycles. The molecule has 1 atom stereocenters. The maximum absolute atomic E-state index is 9.89. The number of aromatic nitrogens is 2. The van der Waals surface area contributed by atoms with Crippen molar-refractivity contribution in [3.8, 4) is 0 Å². The average Bonchev–Trinajstić information content (AvgIpc) is 2.15. The third-order valence-corrected chi connectivity index (χ3v) is 1.56. The Labute approximate surface area is 70.6 Å². The second-order valence-electron chi connectivity index (χ2n) is 2.50. The molecule has 0 spiro atoms. The van der Waals surface area contributed by atoms with Gasteiger partial charge in [-0.1, -0.05) is 6.92 Å². The van der Waals surface area contributed by atoms with E-state index in [2.05, 4.69) is 14.7 Å². The Balaban J connectivity index is 2.53. The van der Waals surface area contributed by atoms with Crippen LogP contribution in [0.25, 0.3) is 0 Å². The van der Waals surface area contributed by atoms with Crippen molar-refractivity contribution in [3.05, 3.63) is 24.3 Å². The minimum Gasteiger partial charge on any atom is -0.467 e. The van der Waals surface area contributed by atoms with Gasteiger partial charge in [0.05, 0.1) is 6.61 Å². The van der Waals surface area contributed by atoms with E-state index in [0.29, 0.717) is 13.1 Å². The monoisotopic (exact) mass is 166 g/mol. The molecule has 0 aromatic carbocycles. The minimum atomic E-state index is 0.149. The lowest BCUT2D eigenvalue weighted by molar-refractivity contribution is -0.129. The van der Waals surface area contributed by atoms with Crippen LogP contribution in [0, 0.1) is 0 Å². The Kier molecular flexibility index (Phi) is 3.19. The van der Waals surface area contributed by atoms with Crippen molar-refractivity contribution in [2.24, 2.45) is 0 Å². The summed E-state index contributed by atoms with van der Waals surface area (Å²) in [7, 11) is 0. The van der Waals surface area contributed by atoms with E-state index in [0.717, 1.165) is 5.56 Å². The number of hydrogen-bond donors (Lipinski definition) is 0. The molecule has 1 unspecified atom stereocenters. The Hall–Kier alpha value is -1.45. The molecule has 1 aromatic heterocycles. The van der Waals surface area contributed by atoms with Crippen LogP contribution in [-0.4, -0.2) is 23.0 Å². The summed E-state index contributed by atoms with van der Waals surface area (Å²) in [5.74, 6) is 0.149. The molecule has 0 amide bonds. The molecule has 1 rings (SSSR count). The first-order chi connectivity index (χ1) is 5.84. The van der Waals surface area contributed by atoms with Gasteiger partial charge >= 0.3 is 0 Å². The first-order valence-electron chi connectivity index (χ1n) is 3.64. The van der Waals surface area contributed by atoms with Crippen LogP contribution in [0.4, 0.5) is 0 Å². The van der Waals surface area contributed by atoms with Crippen molar-refractivity contribution in [1.82, 2.24) is 9.97 Å². The Morgan fingerprint density at radius 1 is 1.58 bits per heavy atom. The number of carbonyl (C=O) groups is 1. The topological polar surface area (TPSA) is 52.1 Å². The zero-order valence-electron chi connectivity index (χ0n) is 6.80. The predicted octanol–water partition coefficient (Wildman–Crippen LogP) is 0.753. The number of carbonyl (C=O) groups excluding carboxylic acids is 1. The quantitative estimate of drug-likeness (QED) is 0.619. The molecule has 0 radical (unpaired) electrons. The van der Waals surface area contributed by atoms with Gasteiger partial charge in [0.25, 0.3) is 6.47 Å². The van der Waals surface area contributed by atoms with Crippen LogP contribution >= 0.6 is 0 Å². The van der Waals surface area contributed by atoms with Gasteiger partial charge in [-0.2, -0.15) is 0 Å². The highest BCUT2D eigenvalue weighted by Gasteiger charge is 2.05. The van der Waals surface area contributed by atoms with Crippen molar-refractivity contribution in [2.45, 2.75) is 12.8 Å². The average molecular weight is 166 g/mol. The summed E-state index contributed by atoms with van der Waals surface area (Å²) in [5, 5.41) is 0. The number of rotatable bonds is 4. The summed E-state index contributed by atoms with van der Waals surface area (Å²) in [6, 6.07) is 0. The van der Waals surface area contributed by atoms with Crippen LogP contribution in [0.3, 0.4) is 0 Å². The smallest absolute Gasteiger partial charge is 0.293 e. The van der Waals surface area contributed by atoms with Crippen LogP contribution in [0.15, 0.2) is 18.7 Å². The van der Waals surface area contributed by atoms with Crippen molar-refractivity contribution < 1.29 is 9.53 Å². The zero-order chi connectivity index (χ0) is 8.81. The van der Waals surface area contributed by atoms with Gasteiger partial charge in [-0.3, -0.25) is 4.79 Å². The van der Waals surface area contributed by atoms with Gasteiger partial charge in [0.2, 0.25) is 0 Å². The van der Waals surface area contributed by atoms with Crippen molar-refractivity contribution in [2.75, 3.05) is 6.61 Å². The molecule has 12 heavy (non-hydrogen) atoms. The highest BCUT2D eigenvalue weighted by atomic mass is 16.5. The lowest BCUT2D eigenvalue weighted by Crippen LogP contribution is -2.03. The van der Waals surface area contributed by atoms with E-state index in [9.17, 15) is 4.79 Å². The van der Waals surface area contributed by atoms with Crippen LogP contribution in [0.5, 0.6) is 0 Å². The van der Waals surface area contributed by atoms with E-state index >= 15 is 0 Å². The van der Waals surface area contributed by atoms with E-state index in [1.165, 1.54) is 6.33 Å². The molecule has 4 nitrogen and oxygen atoms in total. The zero-order valence-corrected chi connectivity index (χ0v) is 6.80. The third kappa shape index (κ3) is 2.30. The van der Waals surface area contributed by atoms with Gasteiger partial charge in [-0.25, -0.2) is 9.97 Å². The molecule has 0 aliphatic heterocycles. The second kappa shape index (κ2) is 4.43. The SMILES string of the molecule is CC(COC=O)c1cncnc1. The molecule has 64 valence electrons. The summed E-state index contributed by atoms with van der Waals surface area (Å²) in [6.07, 6.45) is 4.90. The summed E-state index contributed by atoms with van der Waals surface area (Å²) in [6.45, 7) is 2.76. The van der Waals surface area contributed by atoms with E-state index in [4.69, 9.17) is 0 Å². The summed E-state index contributed by atoms with van der Waals surface area (Å²) in [5.41, 5.74) is 0.972. The van der Waals surface area contributed by atoms with E-state index in [1.54, 1.807) is 12.4 Å². The van der Waals surface area contributed by atoms with Gasteiger partial charge in [-0.15, -0.1) is 0 Å². The molecule has 4 heteroatoms. The van der Waals surface area contributed by atoms with Crippen LogP contribution in [0.1, 0.15) is 18.4 Å². The van der Waals surface area contributed by atoms with Crippen molar-refractivity contribution in [1.29, 1.82) is 0 Å². The fourth-order valence-electron chi connectivity index (χ4n) is 0.845. The maximum Gasteiger partial charge on any atom is 0.293 e. The lowest BCUT2D eigenvalue weighted by atomic mass is 10.1. The maximum atomic E-state index is 9.89. The number of nitrogens with zero attached hydrogens (tertiary/aromatic N) is 2. The summed E-state index contributed by atoms with van der Waals surface area (Å²) in [4.78, 5) is 17.6. The molecular weight excluding hydrogens is 156 g/mol. The fraction of sp³-hybridized carbons (Fsp3) is 0.375. The normalized spacial score (nSPS) is 12.1. The molecule has 0 fully saturated rings. The molecule has 0 saturated carbocycles. The molecule has 0 aliphatic rings. The largest absolute Gasteiger partial charge is 0.467 e. The molecule has 0 N–H and O–H groups in total. The Bertz CT molecular complexity index is 238. The molecule has 1 aromatic rings. The Morgan fingerprint density at radius 2 is 2.25 bits per heavy atom. The summed E-state index contributed by atoms with van der Waals surface area (Å²) >= 11 is 0. The molecule has 0 bridgehead atoms. The first kappa shape index (κ1) is 8.64. The van der Waals surface area contributed by atoms with Gasteiger partial charge in [0.15, 0.2) is 0 Å². The highest BCUT2D eigenvalue weighted by molar-refractivity contribution is 5.37. The van der Waals surface area contributed by atoms with Crippen molar-refractivity contribution in [3.63, 3.8) is 0 Å².